The van der Waals surface area contributed by atoms with Crippen LogP contribution in [0.3, 0.4) is 0 Å². The molecule has 4 rings (SSSR count). The number of hydrogen-bond donors (Lipinski definition) is 0. The first-order valence-electron chi connectivity index (χ1n) is 9.92. The molecule has 0 aromatic rings. The molecule has 28 heavy (non-hydrogen) atoms. The molecular weight excluding hydrogens is 395 g/mol. The molecule has 0 bridgehead atoms. The Kier molecular flexibility index (Phi) is 4.38. The van der Waals surface area contributed by atoms with E-state index in [4.69, 9.17) is 0 Å². The van der Waals surface area contributed by atoms with Crippen LogP contribution >= 0.6 is 0 Å². The van der Waals surface area contributed by atoms with Gasteiger partial charge >= 0.3 is 15.6 Å². The van der Waals surface area contributed by atoms with E-state index in [1.807, 2.05) is 11.8 Å². The fourth-order valence-electron chi connectivity index (χ4n) is 6.49. The third-order valence-electron chi connectivity index (χ3n) is 7.90. The van der Waals surface area contributed by atoms with E-state index in [0.717, 1.165) is 25.8 Å². The fraction of sp³-hybridized carbons (Fsp3) is 0.842. The molecule has 0 radical (unpaired) electrons. The Bertz CT molecular complexity index is 824. The molecule has 2 aliphatic carbocycles. The van der Waals surface area contributed by atoms with Gasteiger partial charge in [-0.1, -0.05) is 6.92 Å². The van der Waals surface area contributed by atoms with E-state index in [0.29, 0.717) is 25.7 Å². The van der Waals surface area contributed by atoms with Crippen molar-refractivity contribution in [3.63, 3.8) is 0 Å². The molecule has 0 aromatic carbocycles. The molecule has 2 unspecified atom stereocenters. The van der Waals surface area contributed by atoms with Gasteiger partial charge in [0.1, 0.15) is 5.76 Å². The fourth-order valence-corrected chi connectivity index (χ4v) is 7.08. The number of hydrogen-bond acceptors (Lipinski definition) is 4. The van der Waals surface area contributed by atoms with Crippen molar-refractivity contribution in [2.45, 2.75) is 69.8 Å². The number of nitrogens with zero attached hydrogens (tertiary/aromatic N) is 1. The molecule has 1 saturated carbocycles. The summed E-state index contributed by atoms with van der Waals surface area (Å²) in [5.41, 5.74) is -6.39. The monoisotopic (exact) mass is 421 g/mol. The lowest BCUT2D eigenvalue weighted by atomic mass is 9.55. The number of carbonyl (C=O) groups is 1. The third-order valence-corrected chi connectivity index (χ3v) is 8.87. The quantitative estimate of drug-likeness (QED) is 0.500. The number of halogens is 3. The Morgan fingerprint density at radius 1 is 1.18 bits per heavy atom. The Morgan fingerprint density at radius 2 is 1.89 bits per heavy atom. The second-order valence-electron chi connectivity index (χ2n) is 9.17. The molecule has 2 aliphatic heterocycles. The third kappa shape index (κ3) is 2.71. The van der Waals surface area contributed by atoms with E-state index in [9.17, 15) is 26.4 Å². The van der Waals surface area contributed by atoms with Crippen molar-refractivity contribution in [2.75, 3.05) is 6.54 Å². The average Bonchev–Trinajstić information content (AvgIpc) is 3.10. The summed E-state index contributed by atoms with van der Waals surface area (Å²) in [5.74, 6) is 0.540. The maximum Gasteiger partial charge on any atom is 0.534 e. The SMILES string of the molecule is C[C@]12CCC3[C@@H](CCC(=O)N4CCC[C@]34C)C1CC=C2OS(=O)(=O)C(F)(F)F. The van der Waals surface area contributed by atoms with Crippen molar-refractivity contribution < 1.29 is 30.6 Å². The molecule has 0 N–H and O–H groups in total. The normalized spacial score (nSPS) is 41.0. The maximum absolute atomic E-state index is 12.8. The van der Waals surface area contributed by atoms with Crippen molar-refractivity contribution in [1.29, 1.82) is 0 Å². The molecule has 3 fully saturated rings. The molecular formula is C19H26F3NO4S. The van der Waals surface area contributed by atoms with Gasteiger partial charge in [0.2, 0.25) is 5.91 Å². The van der Waals surface area contributed by atoms with Gasteiger partial charge in [0.05, 0.1) is 0 Å². The van der Waals surface area contributed by atoms with E-state index < -0.39 is 21.0 Å². The summed E-state index contributed by atoms with van der Waals surface area (Å²) in [7, 11) is -5.67. The van der Waals surface area contributed by atoms with Crippen LogP contribution in [0.2, 0.25) is 0 Å². The minimum atomic E-state index is -5.67. The van der Waals surface area contributed by atoms with Gasteiger partial charge in [0.15, 0.2) is 0 Å². The van der Waals surface area contributed by atoms with Gasteiger partial charge in [-0.15, -0.1) is 0 Å². The Hall–Kier alpha value is -1.25. The summed E-state index contributed by atoms with van der Waals surface area (Å²) in [6, 6.07) is 0. The number of alkyl halides is 3. The highest BCUT2D eigenvalue weighted by Gasteiger charge is 2.60. The molecule has 1 amide bonds. The van der Waals surface area contributed by atoms with E-state index >= 15 is 0 Å². The van der Waals surface area contributed by atoms with E-state index in [2.05, 4.69) is 11.1 Å². The van der Waals surface area contributed by atoms with Crippen LogP contribution in [0.4, 0.5) is 13.2 Å². The Balaban J connectivity index is 1.63. The van der Waals surface area contributed by atoms with E-state index in [1.54, 1.807) is 0 Å². The standard InChI is InChI=1S/C19H26F3NO4S/c1-17-10-8-14-12(4-7-16(24)23-11-3-9-18(14,23)2)13(17)5-6-15(17)27-28(25,26)19(20,21)22/h6,12-14H,3-5,7-11H2,1-2H3/t12-,13?,14?,17-,18+/m0/s1. The summed E-state index contributed by atoms with van der Waals surface area (Å²) in [5, 5.41) is 0. The van der Waals surface area contributed by atoms with Gasteiger partial charge in [-0.2, -0.15) is 21.6 Å². The lowest BCUT2D eigenvalue weighted by Crippen LogP contribution is -2.54. The summed E-state index contributed by atoms with van der Waals surface area (Å²) < 4.78 is 66.2. The predicted molar refractivity (Wildman–Crippen MR) is 95.2 cm³/mol. The number of allylic oxidation sites excluding steroid dienone is 2. The van der Waals surface area contributed by atoms with Crippen molar-refractivity contribution in [3.8, 4) is 0 Å². The second kappa shape index (κ2) is 6.12. The van der Waals surface area contributed by atoms with E-state index in [1.165, 1.54) is 6.08 Å². The number of amides is 1. The van der Waals surface area contributed by atoms with Crippen LogP contribution in [0.1, 0.15) is 58.8 Å². The van der Waals surface area contributed by atoms with Crippen molar-refractivity contribution >= 4 is 16.0 Å². The summed E-state index contributed by atoms with van der Waals surface area (Å²) >= 11 is 0. The highest BCUT2D eigenvalue weighted by atomic mass is 32.2. The molecule has 2 saturated heterocycles. The van der Waals surface area contributed by atoms with E-state index in [-0.39, 0.29) is 35.0 Å². The predicted octanol–water partition coefficient (Wildman–Crippen LogP) is 3.96. The molecule has 4 aliphatic rings. The van der Waals surface area contributed by atoms with Crippen LogP contribution < -0.4 is 0 Å². The van der Waals surface area contributed by atoms with Gasteiger partial charge in [0, 0.05) is 23.9 Å². The molecule has 5 atom stereocenters. The Morgan fingerprint density at radius 3 is 2.57 bits per heavy atom. The zero-order chi connectivity index (χ0) is 20.5. The zero-order valence-corrected chi connectivity index (χ0v) is 16.9. The van der Waals surface area contributed by atoms with Crippen LogP contribution in [0, 0.1) is 23.2 Å². The van der Waals surface area contributed by atoms with Crippen LogP contribution in [0.15, 0.2) is 11.8 Å². The molecule has 9 heteroatoms. The molecule has 158 valence electrons. The average molecular weight is 421 g/mol. The molecule has 5 nitrogen and oxygen atoms in total. The first-order valence-corrected chi connectivity index (χ1v) is 11.3. The lowest BCUT2D eigenvalue weighted by molar-refractivity contribution is -0.135. The highest BCUT2D eigenvalue weighted by molar-refractivity contribution is 7.87. The van der Waals surface area contributed by atoms with Crippen LogP contribution in [0.25, 0.3) is 0 Å². The molecule has 0 spiro atoms. The van der Waals surface area contributed by atoms with Gasteiger partial charge in [-0.3, -0.25) is 4.79 Å². The van der Waals surface area contributed by atoms with Crippen LogP contribution in [-0.4, -0.2) is 36.8 Å². The van der Waals surface area contributed by atoms with Crippen molar-refractivity contribution in [2.24, 2.45) is 23.2 Å². The van der Waals surface area contributed by atoms with Gasteiger partial charge in [-0.05, 0) is 69.3 Å². The summed E-state index contributed by atoms with van der Waals surface area (Å²) in [6.07, 6.45) is 6.40. The largest absolute Gasteiger partial charge is 0.534 e. The number of fused-ring (bicyclic) bond motifs is 5. The zero-order valence-electron chi connectivity index (χ0n) is 16.1. The van der Waals surface area contributed by atoms with Crippen molar-refractivity contribution in [1.82, 2.24) is 4.90 Å². The Labute approximate surface area is 163 Å². The highest BCUT2D eigenvalue weighted by Crippen LogP contribution is 2.62. The minimum Gasteiger partial charge on any atom is -0.380 e. The van der Waals surface area contributed by atoms with Crippen LogP contribution in [-0.2, 0) is 19.1 Å². The topological polar surface area (TPSA) is 63.7 Å². The minimum absolute atomic E-state index is 0.00476. The first-order chi connectivity index (χ1) is 12.9. The summed E-state index contributed by atoms with van der Waals surface area (Å²) in [4.78, 5) is 14.7. The molecule has 2 heterocycles. The number of carbonyl (C=O) groups excluding carboxylic acids is 1. The van der Waals surface area contributed by atoms with Gasteiger partial charge in [-0.25, -0.2) is 0 Å². The first kappa shape index (κ1) is 20.0. The lowest BCUT2D eigenvalue weighted by Gasteiger charge is -2.52. The second-order valence-corrected chi connectivity index (χ2v) is 10.7. The van der Waals surface area contributed by atoms with Gasteiger partial charge in [0.25, 0.3) is 0 Å². The van der Waals surface area contributed by atoms with Crippen molar-refractivity contribution in [3.05, 3.63) is 11.8 Å². The number of rotatable bonds is 2. The van der Waals surface area contributed by atoms with Crippen LogP contribution in [0.5, 0.6) is 0 Å². The summed E-state index contributed by atoms with van der Waals surface area (Å²) in [6.45, 7) is 4.74. The molecule has 0 aromatic heterocycles. The van der Waals surface area contributed by atoms with Gasteiger partial charge < -0.3 is 9.08 Å². The smallest absolute Gasteiger partial charge is 0.380 e. The maximum atomic E-state index is 12.8.